The molecule has 0 bridgehead atoms. The first-order chi connectivity index (χ1) is 10.1. The number of hydrogen-bond donors (Lipinski definition) is 0. The zero-order chi connectivity index (χ0) is 15.4. The zero-order valence-electron chi connectivity index (χ0n) is 12.6. The van der Waals surface area contributed by atoms with Crippen LogP contribution in [0.25, 0.3) is 11.3 Å². The van der Waals surface area contributed by atoms with E-state index in [9.17, 15) is 4.79 Å². The highest BCUT2D eigenvalue weighted by Crippen LogP contribution is 2.24. The summed E-state index contributed by atoms with van der Waals surface area (Å²) in [5.74, 6) is 0.221. The molecular formula is C17H20ClNO2. The van der Waals surface area contributed by atoms with Crippen LogP contribution in [0, 0.1) is 13.8 Å². The van der Waals surface area contributed by atoms with Crippen molar-refractivity contribution in [3.63, 3.8) is 0 Å². The van der Waals surface area contributed by atoms with Gasteiger partial charge in [-0.05, 0) is 31.5 Å². The highest BCUT2D eigenvalue weighted by atomic mass is 35.5. The first kappa shape index (κ1) is 15.8. The van der Waals surface area contributed by atoms with Crippen molar-refractivity contribution in [1.29, 1.82) is 0 Å². The molecule has 0 amide bonds. The van der Waals surface area contributed by atoms with Gasteiger partial charge < -0.3 is 9.30 Å². The molecule has 0 radical (unpaired) electrons. The summed E-state index contributed by atoms with van der Waals surface area (Å²) in [5, 5.41) is 0. The van der Waals surface area contributed by atoms with Crippen LogP contribution < -0.4 is 5.56 Å². The monoisotopic (exact) mass is 305 g/mol. The number of hydrogen-bond acceptors (Lipinski definition) is 2. The average Bonchev–Trinajstić information content (AvgIpc) is 2.48. The van der Waals surface area contributed by atoms with Gasteiger partial charge in [0.1, 0.15) is 0 Å². The number of nitrogens with zero attached hydrogens (tertiary/aromatic N) is 1. The minimum atomic E-state index is -0.0412. The van der Waals surface area contributed by atoms with Crippen molar-refractivity contribution in [3.8, 4) is 11.3 Å². The lowest BCUT2D eigenvalue weighted by molar-refractivity contribution is 0.186. The van der Waals surface area contributed by atoms with Crippen LogP contribution in [0.4, 0.5) is 0 Å². The lowest BCUT2D eigenvalue weighted by Crippen LogP contribution is -2.26. The number of aromatic nitrogens is 1. The summed E-state index contributed by atoms with van der Waals surface area (Å²) in [4.78, 5) is 12.5. The van der Waals surface area contributed by atoms with Crippen LogP contribution in [0.1, 0.15) is 16.7 Å². The normalized spacial score (nSPS) is 10.9. The van der Waals surface area contributed by atoms with Crippen LogP contribution in [0.5, 0.6) is 0 Å². The molecule has 1 heterocycles. The SMILES string of the molecule is COCCn1c(-c2cc(C)ccc2C)ccc(CCl)c1=O. The molecule has 2 rings (SSSR count). The second-order valence-electron chi connectivity index (χ2n) is 5.15. The number of methoxy groups -OCH3 is 1. The molecule has 112 valence electrons. The molecule has 0 saturated carbocycles. The summed E-state index contributed by atoms with van der Waals surface area (Å²) in [6.07, 6.45) is 0. The fourth-order valence-electron chi connectivity index (χ4n) is 2.38. The van der Waals surface area contributed by atoms with E-state index in [2.05, 4.69) is 25.1 Å². The molecule has 1 aromatic heterocycles. The molecule has 3 nitrogen and oxygen atoms in total. The van der Waals surface area contributed by atoms with Crippen molar-refractivity contribution in [2.45, 2.75) is 26.3 Å². The topological polar surface area (TPSA) is 31.2 Å². The van der Waals surface area contributed by atoms with Crippen molar-refractivity contribution >= 4 is 11.6 Å². The zero-order valence-corrected chi connectivity index (χ0v) is 13.4. The Kier molecular flexibility index (Phi) is 5.21. The van der Waals surface area contributed by atoms with Gasteiger partial charge in [0.15, 0.2) is 0 Å². The fraction of sp³-hybridized carbons (Fsp3) is 0.353. The molecular weight excluding hydrogens is 286 g/mol. The molecule has 4 heteroatoms. The maximum absolute atomic E-state index is 12.5. The van der Waals surface area contributed by atoms with Gasteiger partial charge in [-0.1, -0.05) is 23.8 Å². The van der Waals surface area contributed by atoms with E-state index < -0.39 is 0 Å². The van der Waals surface area contributed by atoms with E-state index in [0.29, 0.717) is 18.7 Å². The maximum Gasteiger partial charge on any atom is 0.255 e. The Morgan fingerprint density at radius 1 is 1.19 bits per heavy atom. The van der Waals surface area contributed by atoms with E-state index in [0.717, 1.165) is 16.8 Å². The smallest absolute Gasteiger partial charge is 0.255 e. The van der Waals surface area contributed by atoms with Crippen molar-refractivity contribution < 1.29 is 4.74 Å². The van der Waals surface area contributed by atoms with Crippen LogP contribution in [0.2, 0.25) is 0 Å². The van der Waals surface area contributed by atoms with Crippen molar-refractivity contribution in [2.75, 3.05) is 13.7 Å². The molecule has 0 aliphatic heterocycles. The number of alkyl halides is 1. The average molecular weight is 306 g/mol. The Labute approximate surface area is 130 Å². The first-order valence-electron chi connectivity index (χ1n) is 6.93. The van der Waals surface area contributed by atoms with E-state index in [-0.39, 0.29) is 11.4 Å². The van der Waals surface area contributed by atoms with Crippen LogP contribution in [0.15, 0.2) is 35.1 Å². The van der Waals surface area contributed by atoms with Crippen molar-refractivity contribution in [1.82, 2.24) is 4.57 Å². The largest absolute Gasteiger partial charge is 0.383 e. The Morgan fingerprint density at radius 2 is 1.95 bits per heavy atom. The summed E-state index contributed by atoms with van der Waals surface area (Å²) in [7, 11) is 1.63. The molecule has 0 N–H and O–H groups in total. The quantitative estimate of drug-likeness (QED) is 0.792. The van der Waals surface area contributed by atoms with Crippen LogP contribution in [-0.2, 0) is 17.2 Å². The number of ether oxygens (including phenoxy) is 1. The summed E-state index contributed by atoms with van der Waals surface area (Å²) in [6.45, 7) is 5.11. The molecule has 0 saturated heterocycles. The van der Waals surface area contributed by atoms with E-state index in [4.69, 9.17) is 16.3 Å². The van der Waals surface area contributed by atoms with E-state index in [1.807, 2.05) is 19.1 Å². The molecule has 2 aromatic rings. The lowest BCUT2D eigenvalue weighted by Gasteiger charge is -2.16. The van der Waals surface area contributed by atoms with Crippen LogP contribution in [0.3, 0.4) is 0 Å². The second-order valence-corrected chi connectivity index (χ2v) is 5.41. The molecule has 0 fully saturated rings. The molecule has 21 heavy (non-hydrogen) atoms. The van der Waals surface area contributed by atoms with Crippen LogP contribution in [-0.4, -0.2) is 18.3 Å². The number of halogens is 1. The van der Waals surface area contributed by atoms with Gasteiger partial charge in [-0.2, -0.15) is 0 Å². The number of aryl methyl sites for hydroxylation is 2. The van der Waals surface area contributed by atoms with Gasteiger partial charge in [0.25, 0.3) is 5.56 Å². The van der Waals surface area contributed by atoms with Gasteiger partial charge in [0, 0.05) is 24.8 Å². The molecule has 0 aliphatic rings. The Hall–Kier alpha value is -1.58. The van der Waals surface area contributed by atoms with E-state index >= 15 is 0 Å². The van der Waals surface area contributed by atoms with Gasteiger partial charge >= 0.3 is 0 Å². The summed E-state index contributed by atoms with van der Waals surface area (Å²) in [5.41, 5.74) is 4.87. The van der Waals surface area contributed by atoms with Gasteiger partial charge in [-0.25, -0.2) is 0 Å². The standard InChI is InChI=1S/C17H20ClNO2/c1-12-4-5-13(2)15(10-12)16-7-6-14(11-18)17(20)19(16)8-9-21-3/h4-7,10H,8-9,11H2,1-3H3. The Bertz CT molecular complexity index is 692. The van der Waals surface area contributed by atoms with Crippen molar-refractivity contribution in [2.24, 2.45) is 0 Å². The van der Waals surface area contributed by atoms with Gasteiger partial charge in [0.2, 0.25) is 0 Å². The third-order valence-electron chi connectivity index (χ3n) is 3.59. The lowest BCUT2D eigenvalue weighted by atomic mass is 10.0. The molecule has 0 atom stereocenters. The first-order valence-corrected chi connectivity index (χ1v) is 7.47. The third-order valence-corrected chi connectivity index (χ3v) is 3.87. The third kappa shape index (κ3) is 3.36. The number of benzene rings is 1. The van der Waals surface area contributed by atoms with Gasteiger partial charge in [0.05, 0.1) is 18.2 Å². The van der Waals surface area contributed by atoms with Crippen LogP contribution >= 0.6 is 11.6 Å². The molecule has 1 aromatic carbocycles. The van der Waals surface area contributed by atoms with E-state index in [1.165, 1.54) is 5.56 Å². The summed E-state index contributed by atoms with van der Waals surface area (Å²) < 4.78 is 6.88. The fourth-order valence-corrected chi connectivity index (χ4v) is 2.58. The predicted molar refractivity (Wildman–Crippen MR) is 87.0 cm³/mol. The Balaban J connectivity index is 2.64. The summed E-state index contributed by atoms with van der Waals surface area (Å²) >= 11 is 5.85. The minimum Gasteiger partial charge on any atom is -0.383 e. The maximum atomic E-state index is 12.5. The number of pyridine rings is 1. The van der Waals surface area contributed by atoms with Gasteiger partial charge in [-0.15, -0.1) is 11.6 Å². The van der Waals surface area contributed by atoms with E-state index in [1.54, 1.807) is 11.7 Å². The molecule has 0 spiro atoms. The molecule has 0 aliphatic carbocycles. The Morgan fingerprint density at radius 3 is 2.62 bits per heavy atom. The highest BCUT2D eigenvalue weighted by Gasteiger charge is 2.12. The minimum absolute atomic E-state index is 0.0412. The molecule has 0 unspecified atom stereocenters. The number of rotatable bonds is 5. The second kappa shape index (κ2) is 6.92. The van der Waals surface area contributed by atoms with Crippen molar-refractivity contribution in [3.05, 3.63) is 57.4 Å². The van der Waals surface area contributed by atoms with Gasteiger partial charge in [-0.3, -0.25) is 4.79 Å². The predicted octanol–water partition coefficient (Wildman–Crippen LogP) is 3.52. The summed E-state index contributed by atoms with van der Waals surface area (Å²) in [6, 6.07) is 10.0. The highest BCUT2D eigenvalue weighted by molar-refractivity contribution is 6.17.